The number of hydrogen-bond acceptors (Lipinski definition) is 5. The predicted octanol–water partition coefficient (Wildman–Crippen LogP) is 1.04. The zero-order valence-electron chi connectivity index (χ0n) is 8.65. The smallest absolute Gasteiger partial charge is 0.222 e. The Kier molecular flexibility index (Phi) is 3.34. The van der Waals surface area contributed by atoms with Crippen molar-refractivity contribution in [1.82, 2.24) is 9.97 Å². The molecule has 1 aromatic rings. The lowest BCUT2D eigenvalue weighted by Gasteiger charge is -2.22. The summed E-state index contributed by atoms with van der Waals surface area (Å²) in [7, 11) is 0. The molecule has 82 valence electrons. The highest BCUT2D eigenvalue weighted by molar-refractivity contribution is 5.35. The van der Waals surface area contributed by atoms with Crippen molar-refractivity contribution in [1.29, 1.82) is 0 Å². The predicted molar refractivity (Wildman–Crippen MR) is 58.5 cm³/mol. The van der Waals surface area contributed by atoms with Gasteiger partial charge in [0.1, 0.15) is 0 Å². The molecule has 1 aliphatic rings. The van der Waals surface area contributed by atoms with Gasteiger partial charge in [0.05, 0.1) is 24.2 Å². The molecule has 1 aliphatic heterocycles. The molecule has 0 spiro atoms. The van der Waals surface area contributed by atoms with Crippen LogP contribution in [0.1, 0.15) is 19.3 Å². The molecule has 15 heavy (non-hydrogen) atoms. The molecule has 3 N–H and O–H groups in total. The van der Waals surface area contributed by atoms with Crippen LogP contribution in [0.3, 0.4) is 0 Å². The lowest BCUT2D eigenvalue weighted by atomic mass is 10.1. The number of anilines is 2. The molecule has 1 atom stereocenters. The molecule has 0 saturated carbocycles. The van der Waals surface area contributed by atoms with Crippen molar-refractivity contribution in [2.45, 2.75) is 25.4 Å². The Morgan fingerprint density at radius 1 is 1.40 bits per heavy atom. The average Bonchev–Trinajstić information content (AvgIpc) is 2.30. The van der Waals surface area contributed by atoms with Gasteiger partial charge in [0.15, 0.2) is 0 Å². The van der Waals surface area contributed by atoms with Crippen molar-refractivity contribution < 1.29 is 4.74 Å². The van der Waals surface area contributed by atoms with Gasteiger partial charge >= 0.3 is 0 Å². The van der Waals surface area contributed by atoms with E-state index in [0.717, 1.165) is 19.6 Å². The lowest BCUT2D eigenvalue weighted by Crippen LogP contribution is -2.27. The first-order chi connectivity index (χ1) is 7.34. The van der Waals surface area contributed by atoms with E-state index in [2.05, 4.69) is 15.3 Å². The van der Waals surface area contributed by atoms with Gasteiger partial charge in [0.2, 0.25) is 5.95 Å². The zero-order chi connectivity index (χ0) is 10.5. The molecule has 0 amide bonds. The molecule has 1 saturated heterocycles. The first-order valence-electron chi connectivity index (χ1n) is 5.27. The maximum Gasteiger partial charge on any atom is 0.222 e. The van der Waals surface area contributed by atoms with Gasteiger partial charge in [-0.3, -0.25) is 0 Å². The molecule has 1 aromatic heterocycles. The van der Waals surface area contributed by atoms with Crippen LogP contribution in [0, 0.1) is 0 Å². The SMILES string of the molecule is Nc1cnc(NCC2CCCCO2)nc1. The summed E-state index contributed by atoms with van der Waals surface area (Å²) >= 11 is 0. The van der Waals surface area contributed by atoms with E-state index in [4.69, 9.17) is 10.5 Å². The molecule has 2 rings (SSSR count). The number of aromatic nitrogens is 2. The molecule has 0 aromatic carbocycles. The van der Waals surface area contributed by atoms with Gasteiger partial charge in [-0.2, -0.15) is 0 Å². The molecule has 5 heteroatoms. The molecule has 0 aliphatic carbocycles. The monoisotopic (exact) mass is 208 g/mol. The third-order valence-corrected chi connectivity index (χ3v) is 2.43. The molecule has 1 unspecified atom stereocenters. The first-order valence-corrected chi connectivity index (χ1v) is 5.27. The summed E-state index contributed by atoms with van der Waals surface area (Å²) in [6, 6.07) is 0. The number of nitrogens with zero attached hydrogens (tertiary/aromatic N) is 2. The molecule has 1 fully saturated rings. The average molecular weight is 208 g/mol. The van der Waals surface area contributed by atoms with Crippen LogP contribution in [0.25, 0.3) is 0 Å². The largest absolute Gasteiger partial charge is 0.396 e. The van der Waals surface area contributed by atoms with Gasteiger partial charge < -0.3 is 15.8 Å². The summed E-state index contributed by atoms with van der Waals surface area (Å²) in [6.07, 6.45) is 7.01. The Hall–Kier alpha value is -1.36. The van der Waals surface area contributed by atoms with E-state index in [1.165, 1.54) is 12.8 Å². The second kappa shape index (κ2) is 4.93. The summed E-state index contributed by atoms with van der Waals surface area (Å²) in [4.78, 5) is 8.12. The van der Waals surface area contributed by atoms with Crippen LogP contribution in [0.4, 0.5) is 11.6 Å². The van der Waals surface area contributed by atoms with Crippen LogP contribution in [0.15, 0.2) is 12.4 Å². The van der Waals surface area contributed by atoms with Crippen LogP contribution in [-0.4, -0.2) is 29.2 Å². The number of nitrogens with two attached hydrogens (primary N) is 1. The van der Waals surface area contributed by atoms with E-state index in [1.807, 2.05) is 0 Å². The molecule has 2 heterocycles. The highest BCUT2D eigenvalue weighted by Gasteiger charge is 2.13. The summed E-state index contributed by atoms with van der Waals surface area (Å²) in [5.74, 6) is 0.610. The number of hydrogen-bond donors (Lipinski definition) is 2. The second-order valence-corrected chi connectivity index (χ2v) is 3.71. The van der Waals surface area contributed by atoms with Crippen molar-refractivity contribution in [3.05, 3.63) is 12.4 Å². The van der Waals surface area contributed by atoms with E-state index in [9.17, 15) is 0 Å². The van der Waals surface area contributed by atoms with E-state index in [-0.39, 0.29) is 0 Å². The van der Waals surface area contributed by atoms with Gasteiger partial charge in [-0.05, 0) is 19.3 Å². The third-order valence-electron chi connectivity index (χ3n) is 2.43. The summed E-state index contributed by atoms with van der Waals surface area (Å²) in [6.45, 7) is 1.64. The number of ether oxygens (including phenoxy) is 1. The molecule has 0 radical (unpaired) electrons. The summed E-state index contributed by atoms with van der Waals surface area (Å²) < 4.78 is 5.58. The van der Waals surface area contributed by atoms with Gasteiger partial charge in [-0.15, -0.1) is 0 Å². The fourth-order valence-corrected chi connectivity index (χ4v) is 1.60. The van der Waals surface area contributed by atoms with E-state index >= 15 is 0 Å². The van der Waals surface area contributed by atoms with Crippen molar-refractivity contribution in [3.63, 3.8) is 0 Å². The lowest BCUT2D eigenvalue weighted by molar-refractivity contribution is 0.0246. The van der Waals surface area contributed by atoms with Crippen molar-refractivity contribution in [2.24, 2.45) is 0 Å². The standard InChI is InChI=1S/C10H16N4O/c11-8-5-12-10(13-6-8)14-7-9-3-1-2-4-15-9/h5-6,9H,1-4,7,11H2,(H,12,13,14). The van der Waals surface area contributed by atoms with E-state index < -0.39 is 0 Å². The Labute approximate surface area is 89.1 Å². The van der Waals surface area contributed by atoms with Crippen LogP contribution in [0.5, 0.6) is 0 Å². The van der Waals surface area contributed by atoms with Gasteiger partial charge in [0, 0.05) is 13.2 Å². The highest BCUT2D eigenvalue weighted by Crippen LogP contribution is 2.12. The first kappa shape index (κ1) is 10.2. The Bertz CT molecular complexity index is 295. The van der Waals surface area contributed by atoms with Gasteiger partial charge in [-0.25, -0.2) is 9.97 Å². The molecule has 5 nitrogen and oxygen atoms in total. The van der Waals surface area contributed by atoms with Gasteiger partial charge in [0.25, 0.3) is 0 Å². The highest BCUT2D eigenvalue weighted by atomic mass is 16.5. The topological polar surface area (TPSA) is 73.1 Å². The minimum Gasteiger partial charge on any atom is -0.396 e. The van der Waals surface area contributed by atoms with Crippen LogP contribution < -0.4 is 11.1 Å². The summed E-state index contributed by atoms with van der Waals surface area (Å²) in [5.41, 5.74) is 6.07. The molecular weight excluding hydrogens is 192 g/mol. The van der Waals surface area contributed by atoms with E-state index in [1.54, 1.807) is 12.4 Å². The number of nitrogen functional groups attached to an aromatic ring is 1. The third kappa shape index (κ3) is 3.06. The number of nitrogens with one attached hydrogen (secondary N) is 1. The van der Waals surface area contributed by atoms with Crippen LogP contribution in [0.2, 0.25) is 0 Å². The molecule has 0 bridgehead atoms. The summed E-state index contributed by atoms with van der Waals surface area (Å²) in [5, 5.41) is 3.14. The minimum absolute atomic E-state index is 0.292. The minimum atomic E-state index is 0.292. The fourth-order valence-electron chi connectivity index (χ4n) is 1.60. The van der Waals surface area contributed by atoms with Crippen molar-refractivity contribution >= 4 is 11.6 Å². The number of rotatable bonds is 3. The maximum absolute atomic E-state index is 5.58. The van der Waals surface area contributed by atoms with Crippen LogP contribution >= 0.6 is 0 Å². The normalized spacial score (nSPS) is 21.2. The fraction of sp³-hybridized carbons (Fsp3) is 0.600. The Balaban J connectivity index is 1.79. The molecular formula is C10H16N4O. The van der Waals surface area contributed by atoms with Crippen molar-refractivity contribution in [3.8, 4) is 0 Å². The Morgan fingerprint density at radius 2 is 2.20 bits per heavy atom. The van der Waals surface area contributed by atoms with Crippen LogP contribution in [-0.2, 0) is 4.74 Å². The zero-order valence-corrected chi connectivity index (χ0v) is 8.65. The quantitative estimate of drug-likeness (QED) is 0.776. The Morgan fingerprint density at radius 3 is 2.87 bits per heavy atom. The maximum atomic E-state index is 5.58. The van der Waals surface area contributed by atoms with Gasteiger partial charge in [-0.1, -0.05) is 0 Å². The second-order valence-electron chi connectivity index (χ2n) is 3.71. The van der Waals surface area contributed by atoms with E-state index in [0.29, 0.717) is 17.7 Å². The van der Waals surface area contributed by atoms with Crippen molar-refractivity contribution in [2.75, 3.05) is 24.2 Å².